The van der Waals surface area contributed by atoms with Crippen molar-refractivity contribution < 1.29 is 4.79 Å². The fraction of sp³-hybridized carbons (Fsp3) is 0.444. The minimum Gasteiger partial charge on any atom is -0.337 e. The lowest BCUT2D eigenvalue weighted by molar-refractivity contribution is 0.0742. The topological polar surface area (TPSA) is 50.2 Å². The van der Waals surface area contributed by atoms with E-state index in [4.69, 9.17) is 11.6 Å². The third kappa shape index (κ3) is 4.00. The Hall–Kier alpha value is -1.56. The number of nitrogens with zero attached hydrogens (tertiary/aromatic N) is 3. The van der Waals surface area contributed by atoms with E-state index in [1.54, 1.807) is 6.20 Å². The Morgan fingerprint density at radius 2 is 2.20 bits per heavy atom. The molecule has 3 rings (SSSR count). The van der Waals surface area contributed by atoms with Gasteiger partial charge in [0.2, 0.25) is 0 Å². The van der Waals surface area contributed by atoms with Crippen molar-refractivity contribution >= 4 is 29.9 Å². The van der Waals surface area contributed by atoms with E-state index in [0.717, 1.165) is 30.9 Å². The molecule has 0 aliphatic carbocycles. The van der Waals surface area contributed by atoms with Crippen LogP contribution in [0.15, 0.2) is 30.5 Å². The Balaban J connectivity index is 0.00000225. The van der Waals surface area contributed by atoms with Crippen molar-refractivity contribution in [1.29, 1.82) is 0 Å². The van der Waals surface area contributed by atoms with Crippen LogP contribution in [0.3, 0.4) is 0 Å². The number of likely N-dealkylation sites (N-methyl/N-ethyl adjacent to an activating group) is 1. The molecular formula is C18H24Cl2N4O. The second-order valence-corrected chi connectivity index (χ2v) is 6.99. The van der Waals surface area contributed by atoms with Crippen LogP contribution >= 0.6 is 24.0 Å². The zero-order chi connectivity index (χ0) is 17.3. The van der Waals surface area contributed by atoms with Gasteiger partial charge in [0, 0.05) is 24.7 Å². The first-order chi connectivity index (χ1) is 11.5. The first-order valence-electron chi connectivity index (χ1n) is 8.30. The fourth-order valence-electron chi connectivity index (χ4n) is 3.22. The Labute approximate surface area is 159 Å². The van der Waals surface area contributed by atoms with E-state index in [1.807, 2.05) is 40.9 Å². The molecule has 1 fully saturated rings. The normalized spacial score (nSPS) is 16.8. The van der Waals surface area contributed by atoms with Crippen molar-refractivity contribution in [3.8, 4) is 5.69 Å². The highest BCUT2D eigenvalue weighted by molar-refractivity contribution is 6.30. The number of carbonyl (C=O) groups excluding carboxylic acids is 1. The Morgan fingerprint density at radius 3 is 2.80 bits per heavy atom. The molecule has 0 saturated carbocycles. The number of carbonyl (C=O) groups is 1. The lowest BCUT2D eigenvalue weighted by atomic mass is 10.0. The summed E-state index contributed by atoms with van der Waals surface area (Å²) in [6.07, 6.45) is 2.67. The van der Waals surface area contributed by atoms with E-state index in [9.17, 15) is 4.79 Å². The number of rotatable bonds is 4. The third-order valence-corrected chi connectivity index (χ3v) is 4.77. The molecule has 1 N–H and O–H groups in total. The van der Waals surface area contributed by atoms with E-state index >= 15 is 0 Å². The molecule has 1 aromatic carbocycles. The third-order valence-electron chi connectivity index (χ3n) is 4.54. The molecule has 5 nitrogen and oxygen atoms in total. The Kier molecular flexibility index (Phi) is 6.49. The van der Waals surface area contributed by atoms with Gasteiger partial charge in [-0.05, 0) is 37.1 Å². The minimum atomic E-state index is 0. The largest absolute Gasteiger partial charge is 0.337 e. The summed E-state index contributed by atoms with van der Waals surface area (Å²) in [5, 5.41) is 8.43. The summed E-state index contributed by atoms with van der Waals surface area (Å²) < 4.78 is 1.82. The van der Waals surface area contributed by atoms with Gasteiger partial charge < -0.3 is 10.2 Å². The smallest absolute Gasteiger partial charge is 0.257 e. The van der Waals surface area contributed by atoms with Crippen LogP contribution in [0.5, 0.6) is 0 Å². The molecule has 2 heterocycles. The van der Waals surface area contributed by atoms with Gasteiger partial charge in [0.15, 0.2) is 0 Å². The van der Waals surface area contributed by atoms with E-state index in [2.05, 4.69) is 24.3 Å². The van der Waals surface area contributed by atoms with Gasteiger partial charge in [-0.15, -0.1) is 12.4 Å². The highest BCUT2D eigenvalue weighted by Crippen LogP contribution is 2.26. The number of aromatic nitrogens is 2. The highest BCUT2D eigenvalue weighted by atomic mass is 35.5. The van der Waals surface area contributed by atoms with E-state index in [1.165, 1.54) is 0 Å². The van der Waals surface area contributed by atoms with Gasteiger partial charge in [-0.3, -0.25) is 4.79 Å². The SMILES string of the molecule is CC(C)c1c(C(=O)N(C)C2CCNC2)cnn1-c1cccc(Cl)c1.Cl. The van der Waals surface area contributed by atoms with Gasteiger partial charge in [-0.25, -0.2) is 4.68 Å². The number of nitrogens with one attached hydrogen (secondary N) is 1. The van der Waals surface area contributed by atoms with Crippen molar-refractivity contribution in [2.24, 2.45) is 0 Å². The number of hydrogen-bond donors (Lipinski definition) is 1. The zero-order valence-electron chi connectivity index (χ0n) is 14.7. The van der Waals surface area contributed by atoms with Gasteiger partial charge in [0.05, 0.1) is 23.1 Å². The molecule has 0 spiro atoms. The maximum absolute atomic E-state index is 13.0. The quantitative estimate of drug-likeness (QED) is 0.879. The first kappa shape index (κ1) is 19.8. The number of amides is 1. The van der Waals surface area contributed by atoms with Gasteiger partial charge in [-0.1, -0.05) is 31.5 Å². The van der Waals surface area contributed by atoms with Crippen molar-refractivity contribution in [2.75, 3.05) is 20.1 Å². The molecular weight excluding hydrogens is 359 g/mol. The van der Waals surface area contributed by atoms with Gasteiger partial charge in [0.1, 0.15) is 0 Å². The average Bonchev–Trinajstić information content (AvgIpc) is 3.22. The molecule has 1 saturated heterocycles. The van der Waals surface area contributed by atoms with Crippen LogP contribution in [0.25, 0.3) is 5.69 Å². The van der Waals surface area contributed by atoms with E-state index in [-0.39, 0.29) is 30.3 Å². The molecule has 0 bridgehead atoms. The predicted octanol–water partition coefficient (Wildman–Crippen LogP) is 3.50. The molecule has 0 radical (unpaired) electrons. The van der Waals surface area contributed by atoms with Crippen LogP contribution in [0.4, 0.5) is 0 Å². The summed E-state index contributed by atoms with van der Waals surface area (Å²) in [4.78, 5) is 14.8. The summed E-state index contributed by atoms with van der Waals surface area (Å²) in [6, 6.07) is 7.77. The van der Waals surface area contributed by atoms with Crippen LogP contribution in [0.2, 0.25) is 5.02 Å². The predicted molar refractivity (Wildman–Crippen MR) is 103 cm³/mol. The van der Waals surface area contributed by atoms with E-state index in [0.29, 0.717) is 10.6 Å². The first-order valence-corrected chi connectivity index (χ1v) is 8.68. The summed E-state index contributed by atoms with van der Waals surface area (Å²) in [5.41, 5.74) is 2.45. The van der Waals surface area contributed by atoms with Crippen LogP contribution in [0.1, 0.15) is 42.2 Å². The van der Waals surface area contributed by atoms with Gasteiger partial charge in [-0.2, -0.15) is 5.10 Å². The second kappa shape index (κ2) is 8.21. The summed E-state index contributed by atoms with van der Waals surface area (Å²) in [7, 11) is 1.88. The number of halogens is 2. The molecule has 1 amide bonds. The molecule has 25 heavy (non-hydrogen) atoms. The molecule has 1 aliphatic rings. The molecule has 2 aromatic rings. The lowest BCUT2D eigenvalue weighted by Gasteiger charge is -2.24. The summed E-state index contributed by atoms with van der Waals surface area (Å²) >= 11 is 6.11. The van der Waals surface area contributed by atoms with Crippen molar-refractivity contribution in [2.45, 2.75) is 32.2 Å². The molecule has 1 aromatic heterocycles. The zero-order valence-corrected chi connectivity index (χ0v) is 16.3. The lowest BCUT2D eigenvalue weighted by Crippen LogP contribution is -2.38. The van der Waals surface area contributed by atoms with Crippen molar-refractivity contribution in [3.05, 3.63) is 46.7 Å². The van der Waals surface area contributed by atoms with Crippen molar-refractivity contribution in [1.82, 2.24) is 20.0 Å². The maximum Gasteiger partial charge on any atom is 0.257 e. The molecule has 1 unspecified atom stereocenters. The maximum atomic E-state index is 13.0. The highest BCUT2D eigenvalue weighted by Gasteiger charge is 2.28. The second-order valence-electron chi connectivity index (χ2n) is 6.55. The average molecular weight is 383 g/mol. The van der Waals surface area contributed by atoms with Crippen LogP contribution in [0, 0.1) is 0 Å². The monoisotopic (exact) mass is 382 g/mol. The summed E-state index contributed by atoms with van der Waals surface area (Å²) in [5.74, 6) is 0.196. The van der Waals surface area contributed by atoms with E-state index < -0.39 is 0 Å². The minimum absolute atomic E-state index is 0. The molecule has 1 aliphatic heterocycles. The number of hydrogen-bond acceptors (Lipinski definition) is 3. The Morgan fingerprint density at radius 1 is 1.44 bits per heavy atom. The number of benzene rings is 1. The Bertz CT molecular complexity index is 738. The molecule has 7 heteroatoms. The van der Waals surface area contributed by atoms with Gasteiger partial charge in [0.25, 0.3) is 5.91 Å². The molecule has 1 atom stereocenters. The standard InChI is InChI=1S/C18H23ClN4O.ClH/c1-12(2)17-16(18(24)22(3)15-7-8-20-10-15)11-21-23(17)14-6-4-5-13(19)9-14;/h4-6,9,11-12,15,20H,7-8,10H2,1-3H3;1H. The van der Waals surface area contributed by atoms with Gasteiger partial charge >= 0.3 is 0 Å². The fourth-order valence-corrected chi connectivity index (χ4v) is 3.40. The summed E-state index contributed by atoms with van der Waals surface area (Å²) in [6.45, 7) is 5.96. The van der Waals surface area contributed by atoms with Crippen molar-refractivity contribution in [3.63, 3.8) is 0 Å². The van der Waals surface area contributed by atoms with Crippen LogP contribution < -0.4 is 5.32 Å². The van der Waals surface area contributed by atoms with Crippen LogP contribution in [-0.4, -0.2) is 46.8 Å². The molecule has 136 valence electrons. The van der Waals surface area contributed by atoms with Crippen LogP contribution in [-0.2, 0) is 0 Å².